The molecule has 21 heavy (non-hydrogen) atoms. The lowest BCUT2D eigenvalue weighted by molar-refractivity contribution is -0.122. The standard InChI is InChI=1S/C15H20N2O3S/c18-15(16-12-5-3-9-21(19,20)10-12)14-8-7-11-4-1-2-6-13(11)17-14/h1-2,4,6,12,14,17H,3,5,7-10H2,(H,16,18). The van der Waals surface area contributed by atoms with Crippen molar-refractivity contribution in [3.8, 4) is 0 Å². The summed E-state index contributed by atoms with van der Waals surface area (Å²) in [4.78, 5) is 12.3. The molecule has 0 bridgehead atoms. The summed E-state index contributed by atoms with van der Waals surface area (Å²) in [6.45, 7) is 0. The van der Waals surface area contributed by atoms with E-state index in [2.05, 4.69) is 16.7 Å². The first-order chi connectivity index (χ1) is 10.0. The SMILES string of the molecule is O=C(NC1CCCS(=O)(=O)C1)C1CCc2ccccc2N1. The number of para-hydroxylation sites is 1. The van der Waals surface area contributed by atoms with Crippen LogP contribution < -0.4 is 10.6 Å². The van der Waals surface area contributed by atoms with Gasteiger partial charge in [0.2, 0.25) is 5.91 Å². The number of hydrogen-bond donors (Lipinski definition) is 2. The quantitative estimate of drug-likeness (QED) is 0.858. The highest BCUT2D eigenvalue weighted by atomic mass is 32.2. The van der Waals surface area contributed by atoms with E-state index in [1.807, 2.05) is 18.2 Å². The van der Waals surface area contributed by atoms with E-state index in [0.717, 1.165) is 24.9 Å². The number of carbonyl (C=O) groups is 1. The monoisotopic (exact) mass is 308 g/mol. The number of fused-ring (bicyclic) bond motifs is 1. The Hall–Kier alpha value is -1.56. The predicted molar refractivity (Wildman–Crippen MR) is 82.0 cm³/mol. The van der Waals surface area contributed by atoms with Crippen molar-refractivity contribution < 1.29 is 13.2 Å². The van der Waals surface area contributed by atoms with Crippen molar-refractivity contribution in [3.63, 3.8) is 0 Å². The van der Waals surface area contributed by atoms with Gasteiger partial charge in [-0.1, -0.05) is 18.2 Å². The summed E-state index contributed by atoms with van der Waals surface area (Å²) in [5.41, 5.74) is 2.22. The highest BCUT2D eigenvalue weighted by molar-refractivity contribution is 7.91. The molecule has 0 spiro atoms. The lowest BCUT2D eigenvalue weighted by atomic mass is 9.97. The first kappa shape index (κ1) is 14.4. The normalized spacial score (nSPS) is 27.2. The number of aryl methyl sites for hydroxylation is 1. The third-order valence-corrected chi connectivity index (χ3v) is 6.00. The van der Waals surface area contributed by atoms with E-state index in [9.17, 15) is 13.2 Å². The second kappa shape index (κ2) is 5.67. The number of rotatable bonds is 2. The fourth-order valence-corrected chi connectivity index (χ4v) is 4.71. The summed E-state index contributed by atoms with van der Waals surface area (Å²) in [6.07, 6.45) is 2.98. The third-order valence-electron chi connectivity index (χ3n) is 4.18. The number of carbonyl (C=O) groups excluding carboxylic acids is 1. The summed E-state index contributed by atoms with van der Waals surface area (Å²) in [7, 11) is -2.99. The molecule has 2 unspecified atom stereocenters. The third kappa shape index (κ3) is 3.37. The molecule has 1 amide bonds. The summed E-state index contributed by atoms with van der Waals surface area (Å²) < 4.78 is 23.2. The average molecular weight is 308 g/mol. The van der Waals surface area contributed by atoms with Crippen LogP contribution in [0.5, 0.6) is 0 Å². The minimum atomic E-state index is -2.99. The summed E-state index contributed by atoms with van der Waals surface area (Å²) in [5.74, 6) is 0.225. The maximum atomic E-state index is 12.3. The molecule has 2 aliphatic rings. The molecule has 2 N–H and O–H groups in total. The van der Waals surface area contributed by atoms with Crippen molar-refractivity contribution in [2.45, 2.75) is 37.8 Å². The molecule has 1 aromatic carbocycles. The van der Waals surface area contributed by atoms with Crippen LogP contribution in [0.15, 0.2) is 24.3 Å². The molecule has 1 saturated heterocycles. The Morgan fingerprint density at radius 3 is 2.86 bits per heavy atom. The van der Waals surface area contributed by atoms with E-state index in [-0.39, 0.29) is 29.5 Å². The zero-order chi connectivity index (χ0) is 14.9. The molecule has 1 fully saturated rings. The minimum Gasteiger partial charge on any atom is -0.373 e. The van der Waals surface area contributed by atoms with Crippen LogP contribution >= 0.6 is 0 Å². The Morgan fingerprint density at radius 2 is 2.05 bits per heavy atom. The zero-order valence-electron chi connectivity index (χ0n) is 11.8. The number of amides is 1. The van der Waals surface area contributed by atoms with Gasteiger partial charge < -0.3 is 10.6 Å². The van der Waals surface area contributed by atoms with Gasteiger partial charge in [-0.25, -0.2) is 8.42 Å². The lowest BCUT2D eigenvalue weighted by Crippen LogP contribution is -2.49. The van der Waals surface area contributed by atoms with Crippen LogP contribution in [-0.2, 0) is 21.1 Å². The van der Waals surface area contributed by atoms with Gasteiger partial charge in [0, 0.05) is 11.7 Å². The van der Waals surface area contributed by atoms with E-state index in [4.69, 9.17) is 0 Å². The summed E-state index contributed by atoms with van der Waals surface area (Å²) in [6, 6.07) is 7.46. The van der Waals surface area contributed by atoms with Crippen molar-refractivity contribution in [2.24, 2.45) is 0 Å². The van der Waals surface area contributed by atoms with Gasteiger partial charge in [-0.2, -0.15) is 0 Å². The van der Waals surface area contributed by atoms with E-state index < -0.39 is 9.84 Å². The van der Waals surface area contributed by atoms with E-state index >= 15 is 0 Å². The number of sulfone groups is 1. The Bertz CT molecular complexity index is 642. The van der Waals surface area contributed by atoms with Crippen LogP contribution in [0.3, 0.4) is 0 Å². The largest absolute Gasteiger partial charge is 0.373 e. The molecule has 0 aromatic heterocycles. The fraction of sp³-hybridized carbons (Fsp3) is 0.533. The first-order valence-corrected chi connectivity index (χ1v) is 9.21. The van der Waals surface area contributed by atoms with Gasteiger partial charge in [-0.15, -0.1) is 0 Å². The van der Waals surface area contributed by atoms with Gasteiger partial charge >= 0.3 is 0 Å². The highest BCUT2D eigenvalue weighted by Gasteiger charge is 2.29. The molecule has 2 heterocycles. The second-order valence-corrected chi connectivity index (χ2v) is 8.08. The lowest BCUT2D eigenvalue weighted by Gasteiger charge is -2.29. The zero-order valence-corrected chi connectivity index (χ0v) is 12.7. The first-order valence-electron chi connectivity index (χ1n) is 7.39. The van der Waals surface area contributed by atoms with Crippen LogP contribution in [0, 0.1) is 0 Å². The van der Waals surface area contributed by atoms with Gasteiger partial charge in [0.25, 0.3) is 0 Å². The van der Waals surface area contributed by atoms with Crippen molar-refractivity contribution in [2.75, 3.05) is 16.8 Å². The van der Waals surface area contributed by atoms with Gasteiger partial charge in [-0.3, -0.25) is 4.79 Å². The Kier molecular flexibility index (Phi) is 3.89. The molecule has 6 heteroatoms. The molecule has 5 nitrogen and oxygen atoms in total. The molecular weight excluding hydrogens is 288 g/mol. The van der Waals surface area contributed by atoms with Crippen molar-refractivity contribution in [1.29, 1.82) is 0 Å². The van der Waals surface area contributed by atoms with Gasteiger partial charge in [0.15, 0.2) is 9.84 Å². The summed E-state index contributed by atoms with van der Waals surface area (Å²) >= 11 is 0. The number of nitrogens with one attached hydrogen (secondary N) is 2. The molecule has 2 atom stereocenters. The van der Waals surface area contributed by atoms with Crippen LogP contribution in [0.4, 0.5) is 5.69 Å². The molecule has 2 aliphatic heterocycles. The Morgan fingerprint density at radius 1 is 1.24 bits per heavy atom. The van der Waals surface area contributed by atoms with E-state index in [0.29, 0.717) is 6.42 Å². The average Bonchev–Trinajstić information content (AvgIpc) is 2.45. The molecule has 0 radical (unpaired) electrons. The maximum absolute atomic E-state index is 12.3. The highest BCUT2D eigenvalue weighted by Crippen LogP contribution is 2.24. The van der Waals surface area contributed by atoms with Crippen LogP contribution in [0.25, 0.3) is 0 Å². The summed E-state index contributed by atoms with van der Waals surface area (Å²) in [5, 5.41) is 6.14. The predicted octanol–water partition coefficient (Wildman–Crippen LogP) is 1.11. The molecular formula is C15H20N2O3S. The fourth-order valence-electron chi connectivity index (χ4n) is 3.07. The Balaban J connectivity index is 1.62. The number of hydrogen-bond acceptors (Lipinski definition) is 4. The van der Waals surface area contributed by atoms with Crippen LogP contribution in [0.1, 0.15) is 24.8 Å². The Labute approximate surface area is 125 Å². The number of anilines is 1. The minimum absolute atomic E-state index is 0.0715. The van der Waals surface area contributed by atoms with Crippen molar-refractivity contribution in [1.82, 2.24) is 5.32 Å². The second-order valence-electron chi connectivity index (χ2n) is 5.85. The molecule has 0 saturated carbocycles. The van der Waals surface area contributed by atoms with Crippen molar-refractivity contribution in [3.05, 3.63) is 29.8 Å². The van der Waals surface area contributed by atoms with E-state index in [1.165, 1.54) is 5.56 Å². The molecule has 3 rings (SSSR count). The smallest absolute Gasteiger partial charge is 0.242 e. The number of benzene rings is 1. The van der Waals surface area contributed by atoms with Crippen molar-refractivity contribution >= 4 is 21.4 Å². The van der Waals surface area contributed by atoms with Crippen LogP contribution in [-0.4, -0.2) is 37.9 Å². The topological polar surface area (TPSA) is 75.3 Å². The molecule has 114 valence electrons. The van der Waals surface area contributed by atoms with Gasteiger partial charge in [-0.05, 0) is 37.3 Å². The van der Waals surface area contributed by atoms with Gasteiger partial charge in [0.1, 0.15) is 6.04 Å². The molecule has 0 aliphatic carbocycles. The van der Waals surface area contributed by atoms with Crippen LogP contribution in [0.2, 0.25) is 0 Å². The molecule has 1 aromatic rings. The maximum Gasteiger partial charge on any atom is 0.242 e. The van der Waals surface area contributed by atoms with Gasteiger partial charge in [0.05, 0.1) is 11.5 Å². The van der Waals surface area contributed by atoms with E-state index in [1.54, 1.807) is 0 Å².